The molecule has 29 heavy (non-hydrogen) atoms. The largest absolute Gasteiger partial charge is 0.495 e. The molecule has 7 nitrogen and oxygen atoms in total. The van der Waals surface area contributed by atoms with Crippen LogP contribution in [-0.2, 0) is 21.2 Å². The molecule has 156 valence electrons. The summed E-state index contributed by atoms with van der Waals surface area (Å²) >= 11 is 0. The van der Waals surface area contributed by atoms with Gasteiger partial charge in [0.05, 0.1) is 57.3 Å². The van der Waals surface area contributed by atoms with Gasteiger partial charge >= 0.3 is 0 Å². The molecule has 1 heterocycles. The average molecular weight is 423 g/mol. The molecule has 0 saturated carbocycles. The van der Waals surface area contributed by atoms with Crippen molar-refractivity contribution in [3.05, 3.63) is 53.8 Å². The summed E-state index contributed by atoms with van der Waals surface area (Å²) in [5, 5.41) is 2.64. The highest BCUT2D eigenvalue weighted by Crippen LogP contribution is 2.29. The second-order valence-electron chi connectivity index (χ2n) is 7.04. The van der Waals surface area contributed by atoms with E-state index < -0.39 is 21.7 Å². The monoisotopic (exact) mass is 422 g/mol. The van der Waals surface area contributed by atoms with Gasteiger partial charge in [-0.15, -0.1) is 0 Å². The minimum Gasteiger partial charge on any atom is -0.495 e. The van der Waals surface area contributed by atoms with Crippen LogP contribution in [0.15, 0.2) is 47.4 Å². The van der Waals surface area contributed by atoms with Crippen molar-refractivity contribution in [3.8, 4) is 5.75 Å². The first-order valence-corrected chi connectivity index (χ1v) is 10.8. The number of amides is 1. The summed E-state index contributed by atoms with van der Waals surface area (Å²) < 4.78 is 46.5. The molecule has 0 unspecified atom stereocenters. The second kappa shape index (κ2) is 8.89. The fourth-order valence-corrected chi connectivity index (χ4v) is 4.68. The Balaban J connectivity index is 1.81. The first kappa shape index (κ1) is 21.2. The van der Waals surface area contributed by atoms with Crippen LogP contribution < -0.4 is 15.0 Å². The Morgan fingerprint density at radius 3 is 2.55 bits per heavy atom. The molecule has 3 rings (SSSR count). The fourth-order valence-electron chi connectivity index (χ4n) is 3.21. The van der Waals surface area contributed by atoms with Crippen molar-refractivity contribution in [2.45, 2.75) is 11.3 Å². The first-order valence-electron chi connectivity index (χ1n) is 9.34. The lowest BCUT2D eigenvalue weighted by Crippen LogP contribution is -3.12. The Bertz CT molecular complexity index is 989. The Kier molecular flexibility index (Phi) is 6.51. The molecule has 0 aromatic heterocycles. The van der Waals surface area contributed by atoms with Gasteiger partial charge < -0.3 is 15.0 Å². The molecule has 1 saturated heterocycles. The van der Waals surface area contributed by atoms with E-state index in [0.717, 1.165) is 13.1 Å². The zero-order chi connectivity index (χ0) is 21.0. The van der Waals surface area contributed by atoms with Gasteiger partial charge in [0.25, 0.3) is 0 Å². The van der Waals surface area contributed by atoms with E-state index in [4.69, 9.17) is 4.74 Å². The van der Waals surface area contributed by atoms with Crippen LogP contribution in [0.3, 0.4) is 0 Å². The van der Waals surface area contributed by atoms with Crippen molar-refractivity contribution in [1.29, 1.82) is 0 Å². The van der Waals surface area contributed by atoms with Gasteiger partial charge in [0.2, 0.25) is 15.9 Å². The lowest BCUT2D eigenvalue weighted by molar-refractivity contribution is -0.883. The van der Waals surface area contributed by atoms with Crippen molar-refractivity contribution in [2.75, 3.05) is 45.7 Å². The van der Waals surface area contributed by atoms with Crippen LogP contribution in [0, 0.1) is 5.82 Å². The number of piperazine rings is 1. The number of nitrogens with zero attached hydrogens (tertiary/aromatic N) is 1. The molecule has 0 atom stereocenters. The third kappa shape index (κ3) is 4.92. The van der Waals surface area contributed by atoms with E-state index in [1.165, 1.54) is 46.6 Å². The zero-order valence-electron chi connectivity index (χ0n) is 16.4. The van der Waals surface area contributed by atoms with E-state index >= 15 is 0 Å². The van der Waals surface area contributed by atoms with Crippen LogP contribution in [-0.4, -0.2) is 59.0 Å². The Morgan fingerprint density at radius 1 is 1.21 bits per heavy atom. The molecular formula is C20H25FN3O4S+. The molecule has 0 aliphatic carbocycles. The van der Waals surface area contributed by atoms with Gasteiger partial charge in [0.1, 0.15) is 11.6 Å². The summed E-state index contributed by atoms with van der Waals surface area (Å²) in [6.45, 7) is 2.35. The smallest absolute Gasteiger partial charge is 0.243 e. The number of likely N-dealkylation sites (N-methyl/N-ethyl adjacent to an activating group) is 1. The van der Waals surface area contributed by atoms with Crippen molar-refractivity contribution in [1.82, 2.24) is 4.31 Å². The molecular weight excluding hydrogens is 397 g/mol. The van der Waals surface area contributed by atoms with Gasteiger partial charge in [-0.1, -0.05) is 18.2 Å². The number of carbonyl (C=O) groups is 1. The van der Waals surface area contributed by atoms with Gasteiger partial charge in [-0.05, 0) is 29.8 Å². The van der Waals surface area contributed by atoms with Crippen LogP contribution in [0.2, 0.25) is 0 Å². The van der Waals surface area contributed by atoms with Crippen molar-refractivity contribution in [2.24, 2.45) is 0 Å². The fraction of sp³-hybridized carbons (Fsp3) is 0.350. The Hall–Kier alpha value is -2.49. The number of hydrogen-bond donors (Lipinski definition) is 2. The van der Waals surface area contributed by atoms with E-state index in [2.05, 4.69) is 5.32 Å². The summed E-state index contributed by atoms with van der Waals surface area (Å²) in [5.41, 5.74) is 0.488. The zero-order valence-corrected chi connectivity index (χ0v) is 17.3. The number of rotatable bonds is 6. The van der Waals surface area contributed by atoms with E-state index in [1.807, 2.05) is 7.05 Å². The van der Waals surface area contributed by atoms with E-state index in [-0.39, 0.29) is 22.6 Å². The van der Waals surface area contributed by atoms with E-state index in [1.54, 1.807) is 12.1 Å². The van der Waals surface area contributed by atoms with Crippen LogP contribution in [0.25, 0.3) is 0 Å². The van der Waals surface area contributed by atoms with Crippen LogP contribution in [0.5, 0.6) is 5.75 Å². The minimum atomic E-state index is -3.68. The van der Waals surface area contributed by atoms with Crippen molar-refractivity contribution < 1.29 is 27.2 Å². The molecule has 9 heteroatoms. The number of methoxy groups -OCH3 is 1. The average Bonchev–Trinajstić information content (AvgIpc) is 2.70. The highest BCUT2D eigenvalue weighted by Gasteiger charge is 2.29. The maximum Gasteiger partial charge on any atom is 0.243 e. The summed E-state index contributed by atoms with van der Waals surface area (Å²) in [4.78, 5) is 13.8. The third-order valence-corrected chi connectivity index (χ3v) is 6.86. The number of anilines is 1. The van der Waals surface area contributed by atoms with Gasteiger partial charge in [-0.25, -0.2) is 12.8 Å². The van der Waals surface area contributed by atoms with Crippen LogP contribution in [0.1, 0.15) is 5.56 Å². The minimum absolute atomic E-state index is 0.0824. The quantitative estimate of drug-likeness (QED) is 0.712. The van der Waals surface area contributed by atoms with E-state index in [0.29, 0.717) is 18.8 Å². The number of nitrogens with one attached hydrogen (secondary N) is 2. The first-order chi connectivity index (χ1) is 13.8. The molecule has 0 bridgehead atoms. The molecule has 1 aliphatic rings. The Morgan fingerprint density at radius 2 is 1.90 bits per heavy atom. The molecule has 1 fully saturated rings. The lowest BCUT2D eigenvalue weighted by Gasteiger charge is -2.29. The predicted molar refractivity (Wildman–Crippen MR) is 107 cm³/mol. The predicted octanol–water partition coefficient (Wildman–Crippen LogP) is 0.535. The van der Waals surface area contributed by atoms with Crippen molar-refractivity contribution >= 4 is 21.6 Å². The molecule has 0 spiro atoms. The van der Waals surface area contributed by atoms with Crippen molar-refractivity contribution in [3.63, 3.8) is 0 Å². The van der Waals surface area contributed by atoms with Gasteiger partial charge in [0, 0.05) is 0 Å². The summed E-state index contributed by atoms with van der Waals surface area (Å²) in [5.74, 6) is -0.608. The number of hydrogen-bond acceptors (Lipinski definition) is 4. The van der Waals surface area contributed by atoms with Crippen LogP contribution in [0.4, 0.5) is 10.1 Å². The van der Waals surface area contributed by atoms with Gasteiger partial charge in [-0.3, -0.25) is 4.79 Å². The number of quaternary nitrogens is 1. The highest BCUT2D eigenvalue weighted by atomic mass is 32.2. The van der Waals surface area contributed by atoms with Gasteiger partial charge in [0.15, 0.2) is 0 Å². The highest BCUT2D eigenvalue weighted by molar-refractivity contribution is 7.89. The Labute approximate surface area is 170 Å². The number of carbonyl (C=O) groups excluding carboxylic acids is 1. The normalized spacial score (nSPS) is 15.8. The number of benzene rings is 2. The number of ether oxygens (including phenoxy) is 1. The molecule has 1 amide bonds. The molecule has 1 aliphatic heterocycles. The summed E-state index contributed by atoms with van der Waals surface area (Å²) in [6, 6.07) is 10.4. The number of sulfonamides is 1. The SMILES string of the molecule is COc1ccc(S(=O)(=O)N2CC[NH+](C)CC2)cc1NC(=O)Cc1ccccc1F. The lowest BCUT2D eigenvalue weighted by atomic mass is 10.1. The third-order valence-electron chi connectivity index (χ3n) is 4.97. The maximum atomic E-state index is 13.8. The summed E-state index contributed by atoms with van der Waals surface area (Å²) in [6.07, 6.45) is -0.173. The molecule has 0 radical (unpaired) electrons. The molecule has 2 aromatic carbocycles. The van der Waals surface area contributed by atoms with Gasteiger partial charge in [-0.2, -0.15) is 4.31 Å². The van der Waals surface area contributed by atoms with Crippen LogP contribution >= 0.6 is 0 Å². The molecule has 2 N–H and O–H groups in total. The molecule has 2 aromatic rings. The summed E-state index contributed by atoms with van der Waals surface area (Å²) in [7, 11) is -0.223. The second-order valence-corrected chi connectivity index (χ2v) is 8.98. The van der Waals surface area contributed by atoms with E-state index in [9.17, 15) is 17.6 Å². The standard InChI is InChI=1S/C20H24FN3O4S/c1-23-9-11-24(12-10-23)29(26,27)16-7-8-19(28-2)18(14-16)22-20(25)13-15-5-3-4-6-17(15)21/h3-8,14H,9-13H2,1-2H3,(H,22,25)/p+1. The maximum absolute atomic E-state index is 13.8. The topological polar surface area (TPSA) is 80.2 Å². The number of halogens is 1.